The molecule has 3 rings (SSSR count). The van der Waals surface area contributed by atoms with E-state index in [1.807, 2.05) is 18.2 Å². The van der Waals surface area contributed by atoms with Crippen LogP contribution in [0.4, 0.5) is 5.69 Å². The predicted octanol–water partition coefficient (Wildman–Crippen LogP) is 3.28. The van der Waals surface area contributed by atoms with E-state index in [4.69, 9.17) is 11.6 Å². The Morgan fingerprint density at radius 1 is 1.28 bits per heavy atom. The van der Waals surface area contributed by atoms with Gasteiger partial charge in [0.2, 0.25) is 0 Å². The molecule has 0 aliphatic heterocycles. The summed E-state index contributed by atoms with van der Waals surface area (Å²) in [5.74, 6) is 0. The van der Waals surface area contributed by atoms with Crippen molar-refractivity contribution in [2.45, 2.75) is 31.7 Å². The van der Waals surface area contributed by atoms with Crippen LogP contribution in [0.2, 0.25) is 5.02 Å². The molecule has 18 heavy (non-hydrogen) atoms. The summed E-state index contributed by atoms with van der Waals surface area (Å²) in [5, 5.41) is 8.47. The summed E-state index contributed by atoms with van der Waals surface area (Å²) < 4.78 is 1.76. The molecule has 0 spiro atoms. The van der Waals surface area contributed by atoms with Gasteiger partial charge in [-0.2, -0.15) is 5.10 Å². The van der Waals surface area contributed by atoms with Crippen molar-refractivity contribution in [3.63, 3.8) is 0 Å². The van der Waals surface area contributed by atoms with Gasteiger partial charge in [0.05, 0.1) is 11.4 Å². The SMILES string of the molecule is Clc1ccc(-n2cncn2)c(NC2CCCC2)c1. The highest BCUT2D eigenvalue weighted by atomic mass is 35.5. The molecular formula is C13H15ClN4. The Morgan fingerprint density at radius 3 is 2.83 bits per heavy atom. The van der Waals surface area contributed by atoms with Gasteiger partial charge in [0, 0.05) is 11.1 Å². The lowest BCUT2D eigenvalue weighted by atomic mass is 10.2. The van der Waals surface area contributed by atoms with E-state index in [0.29, 0.717) is 6.04 Å². The van der Waals surface area contributed by atoms with Crippen molar-refractivity contribution in [3.05, 3.63) is 35.9 Å². The van der Waals surface area contributed by atoms with Crippen LogP contribution in [0.15, 0.2) is 30.9 Å². The summed E-state index contributed by atoms with van der Waals surface area (Å²) in [6.07, 6.45) is 8.29. The Hall–Kier alpha value is -1.55. The minimum Gasteiger partial charge on any atom is -0.381 e. The molecular weight excluding hydrogens is 248 g/mol. The molecule has 0 bridgehead atoms. The third-order valence-electron chi connectivity index (χ3n) is 3.34. The first kappa shape index (κ1) is 11.5. The normalized spacial score (nSPS) is 16.1. The summed E-state index contributed by atoms with van der Waals surface area (Å²) in [6, 6.07) is 6.34. The monoisotopic (exact) mass is 262 g/mol. The van der Waals surface area contributed by atoms with E-state index in [0.717, 1.165) is 16.4 Å². The van der Waals surface area contributed by atoms with E-state index in [-0.39, 0.29) is 0 Å². The second-order valence-electron chi connectivity index (χ2n) is 4.63. The van der Waals surface area contributed by atoms with Crippen LogP contribution in [-0.4, -0.2) is 20.8 Å². The first-order valence-corrected chi connectivity index (χ1v) is 6.62. The van der Waals surface area contributed by atoms with Gasteiger partial charge in [-0.25, -0.2) is 9.67 Å². The van der Waals surface area contributed by atoms with Crippen molar-refractivity contribution in [1.29, 1.82) is 0 Å². The number of rotatable bonds is 3. The first-order valence-electron chi connectivity index (χ1n) is 6.24. The van der Waals surface area contributed by atoms with Crippen LogP contribution in [0.1, 0.15) is 25.7 Å². The van der Waals surface area contributed by atoms with E-state index >= 15 is 0 Å². The predicted molar refractivity (Wildman–Crippen MR) is 72.2 cm³/mol. The molecule has 1 aliphatic carbocycles. The molecule has 1 saturated carbocycles. The molecule has 1 aliphatic rings. The smallest absolute Gasteiger partial charge is 0.138 e. The minimum absolute atomic E-state index is 0.547. The summed E-state index contributed by atoms with van der Waals surface area (Å²) in [7, 11) is 0. The number of hydrogen-bond donors (Lipinski definition) is 1. The van der Waals surface area contributed by atoms with Gasteiger partial charge in [-0.1, -0.05) is 24.4 Å². The third kappa shape index (κ3) is 2.34. The molecule has 1 aromatic carbocycles. The maximum atomic E-state index is 6.08. The number of benzene rings is 1. The lowest BCUT2D eigenvalue weighted by Gasteiger charge is -2.17. The van der Waals surface area contributed by atoms with Crippen LogP contribution in [0.3, 0.4) is 0 Å². The molecule has 1 fully saturated rings. The Bertz CT molecular complexity index is 518. The standard InChI is InChI=1S/C13H15ClN4/c14-10-5-6-13(18-9-15-8-16-18)12(7-10)17-11-3-1-2-4-11/h5-9,11,17H,1-4H2. The van der Waals surface area contributed by atoms with E-state index in [9.17, 15) is 0 Å². The zero-order valence-electron chi connectivity index (χ0n) is 10.0. The Balaban J connectivity index is 1.93. The van der Waals surface area contributed by atoms with Crippen LogP contribution in [-0.2, 0) is 0 Å². The van der Waals surface area contributed by atoms with Gasteiger partial charge in [-0.3, -0.25) is 0 Å². The van der Waals surface area contributed by atoms with Crippen molar-refractivity contribution >= 4 is 17.3 Å². The molecule has 0 atom stereocenters. The highest BCUT2D eigenvalue weighted by molar-refractivity contribution is 6.31. The fourth-order valence-corrected chi connectivity index (χ4v) is 2.62. The molecule has 94 valence electrons. The van der Waals surface area contributed by atoms with Crippen molar-refractivity contribution < 1.29 is 0 Å². The molecule has 4 nitrogen and oxygen atoms in total. The lowest BCUT2D eigenvalue weighted by molar-refractivity contribution is 0.751. The fraction of sp³-hybridized carbons (Fsp3) is 0.385. The van der Waals surface area contributed by atoms with Crippen LogP contribution >= 0.6 is 11.6 Å². The Kier molecular flexibility index (Phi) is 3.19. The lowest BCUT2D eigenvalue weighted by Crippen LogP contribution is -2.16. The highest BCUT2D eigenvalue weighted by Crippen LogP contribution is 2.28. The van der Waals surface area contributed by atoms with E-state index in [1.165, 1.54) is 32.0 Å². The van der Waals surface area contributed by atoms with Gasteiger partial charge >= 0.3 is 0 Å². The number of anilines is 1. The summed E-state index contributed by atoms with van der Waals surface area (Å²) in [4.78, 5) is 3.98. The average molecular weight is 263 g/mol. The van der Waals surface area contributed by atoms with Gasteiger partial charge in [-0.05, 0) is 31.0 Å². The topological polar surface area (TPSA) is 42.7 Å². The van der Waals surface area contributed by atoms with Crippen LogP contribution in [0.25, 0.3) is 5.69 Å². The van der Waals surface area contributed by atoms with Crippen molar-refractivity contribution in [2.24, 2.45) is 0 Å². The highest BCUT2D eigenvalue weighted by Gasteiger charge is 2.16. The number of hydrogen-bond acceptors (Lipinski definition) is 3. The zero-order chi connectivity index (χ0) is 12.4. The number of nitrogens with zero attached hydrogens (tertiary/aromatic N) is 3. The quantitative estimate of drug-likeness (QED) is 0.923. The maximum Gasteiger partial charge on any atom is 0.138 e. The van der Waals surface area contributed by atoms with Gasteiger partial charge in [0.1, 0.15) is 12.7 Å². The van der Waals surface area contributed by atoms with Crippen LogP contribution < -0.4 is 5.32 Å². The van der Waals surface area contributed by atoms with Crippen molar-refractivity contribution in [1.82, 2.24) is 14.8 Å². The van der Waals surface area contributed by atoms with Crippen LogP contribution in [0.5, 0.6) is 0 Å². The number of halogens is 1. The van der Waals surface area contributed by atoms with Crippen LogP contribution in [0, 0.1) is 0 Å². The molecule has 1 heterocycles. The van der Waals surface area contributed by atoms with Gasteiger partial charge < -0.3 is 5.32 Å². The minimum atomic E-state index is 0.547. The Labute approximate surface area is 111 Å². The molecule has 0 amide bonds. The van der Waals surface area contributed by atoms with Crippen molar-refractivity contribution in [2.75, 3.05) is 5.32 Å². The van der Waals surface area contributed by atoms with E-state index in [2.05, 4.69) is 15.4 Å². The molecule has 0 radical (unpaired) electrons. The number of nitrogens with one attached hydrogen (secondary N) is 1. The zero-order valence-corrected chi connectivity index (χ0v) is 10.8. The van der Waals surface area contributed by atoms with Gasteiger partial charge in [0.25, 0.3) is 0 Å². The Morgan fingerprint density at radius 2 is 2.11 bits per heavy atom. The van der Waals surface area contributed by atoms with Crippen molar-refractivity contribution in [3.8, 4) is 5.69 Å². The first-order chi connectivity index (χ1) is 8.83. The van der Waals surface area contributed by atoms with E-state index < -0.39 is 0 Å². The largest absolute Gasteiger partial charge is 0.381 e. The molecule has 1 aromatic heterocycles. The molecule has 2 aromatic rings. The second kappa shape index (κ2) is 4.98. The molecule has 1 N–H and O–H groups in total. The summed E-state index contributed by atoms with van der Waals surface area (Å²) >= 11 is 6.08. The molecule has 0 unspecified atom stereocenters. The summed E-state index contributed by atoms with van der Waals surface area (Å²) in [5.41, 5.74) is 2.02. The van der Waals surface area contributed by atoms with Gasteiger partial charge in [-0.15, -0.1) is 0 Å². The average Bonchev–Trinajstić information content (AvgIpc) is 3.01. The summed E-state index contributed by atoms with van der Waals surface area (Å²) in [6.45, 7) is 0. The molecule has 0 saturated heterocycles. The number of aromatic nitrogens is 3. The van der Waals surface area contributed by atoms with E-state index in [1.54, 1.807) is 11.0 Å². The second-order valence-corrected chi connectivity index (χ2v) is 5.06. The fourth-order valence-electron chi connectivity index (χ4n) is 2.45. The maximum absolute atomic E-state index is 6.08. The third-order valence-corrected chi connectivity index (χ3v) is 3.57. The van der Waals surface area contributed by atoms with Gasteiger partial charge in [0.15, 0.2) is 0 Å². The molecule has 5 heteroatoms.